The van der Waals surface area contributed by atoms with E-state index in [1.54, 1.807) is 0 Å². The number of carbonyl (C=O) groups excluding carboxylic acids is 1. The van der Waals surface area contributed by atoms with Gasteiger partial charge in [-0.3, -0.25) is 10.1 Å². The number of fused-ring (bicyclic) bond motifs is 2. The van der Waals surface area contributed by atoms with Gasteiger partial charge in [0.1, 0.15) is 6.04 Å². The molecule has 0 aromatic heterocycles. The zero-order chi connectivity index (χ0) is 13.9. The van der Waals surface area contributed by atoms with E-state index in [4.69, 9.17) is 4.74 Å². The molecular formula is C16H26N2O2. The van der Waals surface area contributed by atoms with Crippen LogP contribution >= 0.6 is 0 Å². The summed E-state index contributed by atoms with van der Waals surface area (Å²) in [6.45, 7) is 4.21. The highest BCUT2D eigenvalue weighted by Gasteiger charge is 2.55. The Morgan fingerprint density at radius 3 is 2.35 bits per heavy atom. The minimum Gasteiger partial charge on any atom is -0.375 e. The standard InChI is InChI=1S/C16H26N2O2/c1-9(2)20-13-7-11-5-6-12(8-13)18(11)16(19)15-14(17-15)10-3-4-10/h9-15,17H,3-8H2,1-2H3/t11-,12+,13?,14-,15+/m1/s1. The molecule has 1 amide bonds. The summed E-state index contributed by atoms with van der Waals surface area (Å²) in [6, 6.07) is 1.53. The Morgan fingerprint density at radius 2 is 1.80 bits per heavy atom. The summed E-state index contributed by atoms with van der Waals surface area (Å²) in [5.41, 5.74) is 0. The van der Waals surface area contributed by atoms with Crippen LogP contribution in [0.4, 0.5) is 0 Å². The van der Waals surface area contributed by atoms with Gasteiger partial charge < -0.3 is 9.64 Å². The molecule has 4 heteroatoms. The highest BCUT2D eigenvalue weighted by Crippen LogP contribution is 2.43. The average molecular weight is 278 g/mol. The third-order valence-corrected chi connectivity index (χ3v) is 5.43. The second-order valence-electron chi connectivity index (χ2n) is 7.42. The first-order valence-corrected chi connectivity index (χ1v) is 8.37. The number of nitrogens with one attached hydrogen (secondary N) is 1. The monoisotopic (exact) mass is 278 g/mol. The lowest BCUT2D eigenvalue weighted by Crippen LogP contribution is -2.51. The first-order chi connectivity index (χ1) is 9.63. The Balaban J connectivity index is 1.39. The lowest BCUT2D eigenvalue weighted by Gasteiger charge is -2.39. The fourth-order valence-corrected chi connectivity index (χ4v) is 4.38. The minimum atomic E-state index is 0.146. The lowest BCUT2D eigenvalue weighted by atomic mass is 9.98. The minimum absolute atomic E-state index is 0.146. The van der Waals surface area contributed by atoms with Crippen LogP contribution in [0.1, 0.15) is 52.4 Å². The molecule has 20 heavy (non-hydrogen) atoms. The first kappa shape index (κ1) is 13.1. The van der Waals surface area contributed by atoms with Gasteiger partial charge in [0.05, 0.1) is 12.2 Å². The summed E-state index contributed by atoms with van der Waals surface area (Å²) in [6.07, 6.45) is 7.73. The summed E-state index contributed by atoms with van der Waals surface area (Å²) in [7, 11) is 0. The maximum absolute atomic E-state index is 12.7. The van der Waals surface area contributed by atoms with Crippen LogP contribution in [0, 0.1) is 5.92 Å². The van der Waals surface area contributed by atoms with E-state index < -0.39 is 0 Å². The Labute approximate surface area is 121 Å². The number of carbonyl (C=O) groups is 1. The number of piperidine rings is 1. The maximum Gasteiger partial charge on any atom is 0.241 e. The second kappa shape index (κ2) is 4.70. The molecule has 1 N–H and O–H groups in total. The number of hydrogen-bond acceptors (Lipinski definition) is 3. The molecule has 0 aromatic rings. The van der Waals surface area contributed by atoms with Crippen molar-refractivity contribution in [3.05, 3.63) is 0 Å². The fraction of sp³-hybridized carbons (Fsp3) is 0.938. The van der Waals surface area contributed by atoms with Gasteiger partial charge in [0.25, 0.3) is 0 Å². The van der Waals surface area contributed by atoms with Gasteiger partial charge in [0, 0.05) is 18.1 Å². The Hall–Kier alpha value is -0.610. The Kier molecular flexibility index (Phi) is 3.08. The van der Waals surface area contributed by atoms with E-state index in [9.17, 15) is 4.79 Å². The quantitative estimate of drug-likeness (QED) is 0.796. The molecule has 3 aliphatic heterocycles. The summed E-state index contributed by atoms with van der Waals surface area (Å²) >= 11 is 0. The predicted molar refractivity (Wildman–Crippen MR) is 76.3 cm³/mol. The normalized spacial score (nSPS) is 43.1. The molecule has 0 radical (unpaired) electrons. The van der Waals surface area contributed by atoms with Gasteiger partial charge in [-0.2, -0.15) is 0 Å². The van der Waals surface area contributed by atoms with Crippen molar-refractivity contribution < 1.29 is 9.53 Å². The van der Waals surface area contributed by atoms with E-state index >= 15 is 0 Å². The van der Waals surface area contributed by atoms with E-state index in [-0.39, 0.29) is 6.04 Å². The average Bonchev–Trinajstić information content (AvgIpc) is 3.24. The van der Waals surface area contributed by atoms with E-state index in [0.717, 1.165) is 18.8 Å². The molecule has 4 nitrogen and oxygen atoms in total. The highest BCUT2D eigenvalue weighted by atomic mass is 16.5. The molecule has 4 rings (SSSR count). The van der Waals surface area contributed by atoms with Gasteiger partial charge in [-0.25, -0.2) is 0 Å². The topological polar surface area (TPSA) is 51.5 Å². The van der Waals surface area contributed by atoms with Crippen LogP contribution in [0.5, 0.6) is 0 Å². The molecular weight excluding hydrogens is 252 g/mol. The van der Waals surface area contributed by atoms with Crippen LogP contribution in [0.2, 0.25) is 0 Å². The van der Waals surface area contributed by atoms with E-state index in [0.29, 0.717) is 36.2 Å². The molecule has 4 fully saturated rings. The van der Waals surface area contributed by atoms with E-state index in [1.807, 2.05) is 0 Å². The van der Waals surface area contributed by atoms with Crippen LogP contribution in [-0.2, 0) is 9.53 Å². The molecule has 1 unspecified atom stereocenters. The summed E-state index contributed by atoms with van der Waals surface area (Å²) in [4.78, 5) is 14.9. The fourth-order valence-electron chi connectivity index (χ4n) is 4.38. The number of nitrogens with zero attached hydrogens (tertiary/aromatic N) is 1. The number of amides is 1. The number of ether oxygens (including phenoxy) is 1. The first-order valence-electron chi connectivity index (χ1n) is 8.37. The van der Waals surface area contributed by atoms with Crippen molar-refractivity contribution in [2.45, 2.75) is 88.7 Å². The molecule has 3 saturated heterocycles. The molecule has 0 aromatic carbocycles. The summed E-state index contributed by atoms with van der Waals surface area (Å²) in [5, 5.41) is 3.42. The van der Waals surface area contributed by atoms with Gasteiger partial charge >= 0.3 is 0 Å². The zero-order valence-corrected chi connectivity index (χ0v) is 12.5. The molecule has 112 valence electrons. The second-order valence-corrected chi connectivity index (χ2v) is 7.42. The van der Waals surface area contributed by atoms with E-state index in [2.05, 4.69) is 24.1 Å². The van der Waals surface area contributed by atoms with Gasteiger partial charge in [-0.1, -0.05) is 0 Å². The van der Waals surface area contributed by atoms with Gasteiger partial charge in [0.2, 0.25) is 5.91 Å². The smallest absolute Gasteiger partial charge is 0.241 e. The molecule has 2 bridgehead atoms. The van der Waals surface area contributed by atoms with Crippen molar-refractivity contribution in [3.63, 3.8) is 0 Å². The maximum atomic E-state index is 12.7. The lowest BCUT2D eigenvalue weighted by molar-refractivity contribution is -0.139. The molecule has 0 spiro atoms. The van der Waals surface area contributed by atoms with Crippen LogP contribution in [0.15, 0.2) is 0 Å². The molecule has 1 saturated carbocycles. The third-order valence-electron chi connectivity index (χ3n) is 5.43. The van der Waals surface area contributed by atoms with Crippen molar-refractivity contribution in [1.82, 2.24) is 10.2 Å². The molecule has 5 atom stereocenters. The molecule has 4 aliphatic rings. The van der Waals surface area contributed by atoms with Crippen molar-refractivity contribution in [3.8, 4) is 0 Å². The van der Waals surface area contributed by atoms with Gasteiger partial charge in [-0.15, -0.1) is 0 Å². The predicted octanol–water partition coefficient (Wildman–Crippen LogP) is 1.68. The van der Waals surface area contributed by atoms with Crippen LogP contribution in [0.25, 0.3) is 0 Å². The largest absolute Gasteiger partial charge is 0.375 e. The van der Waals surface area contributed by atoms with Crippen molar-refractivity contribution in [2.75, 3.05) is 0 Å². The summed E-state index contributed by atoms with van der Waals surface area (Å²) < 4.78 is 5.99. The van der Waals surface area contributed by atoms with Crippen LogP contribution in [-0.4, -0.2) is 47.2 Å². The SMILES string of the molecule is CC(C)OC1C[C@H]2CC[C@@H](C1)N2C(=O)[C@H]1N[C@@H]1C1CC1. The van der Waals surface area contributed by atoms with Gasteiger partial charge in [0.15, 0.2) is 0 Å². The molecule has 3 heterocycles. The van der Waals surface area contributed by atoms with E-state index in [1.165, 1.54) is 25.7 Å². The van der Waals surface area contributed by atoms with Crippen LogP contribution < -0.4 is 5.32 Å². The summed E-state index contributed by atoms with van der Waals surface area (Å²) in [5.74, 6) is 1.18. The Bertz CT molecular complexity index is 393. The van der Waals surface area contributed by atoms with Crippen molar-refractivity contribution in [2.24, 2.45) is 5.92 Å². The zero-order valence-electron chi connectivity index (χ0n) is 12.5. The molecule has 1 aliphatic carbocycles. The number of rotatable bonds is 4. The number of hydrogen-bond donors (Lipinski definition) is 1. The highest BCUT2D eigenvalue weighted by molar-refractivity contribution is 5.87. The van der Waals surface area contributed by atoms with Crippen LogP contribution in [0.3, 0.4) is 0 Å². The van der Waals surface area contributed by atoms with Crippen molar-refractivity contribution >= 4 is 5.91 Å². The van der Waals surface area contributed by atoms with Crippen molar-refractivity contribution in [1.29, 1.82) is 0 Å². The third kappa shape index (κ3) is 2.27. The van der Waals surface area contributed by atoms with Gasteiger partial charge in [-0.05, 0) is 58.3 Å². The Morgan fingerprint density at radius 1 is 1.15 bits per heavy atom.